The molecule has 13 atom stereocenters. The van der Waals surface area contributed by atoms with Gasteiger partial charge in [0.25, 0.3) is 23.6 Å². The molecule has 3 rings (SSSR count). The van der Waals surface area contributed by atoms with Crippen molar-refractivity contribution in [3.8, 4) is 0 Å². The smallest absolute Gasteiger partial charge is 0.328 e. The van der Waals surface area contributed by atoms with Crippen LogP contribution in [0.4, 0.5) is 0 Å². The number of likely N-dealkylation sites (N-methyl/N-ethyl adjacent to an activating group) is 1. The first-order chi connectivity index (χ1) is 33.4. The lowest BCUT2D eigenvalue weighted by Crippen LogP contribution is -2.70. The lowest BCUT2D eigenvalue weighted by Gasteiger charge is -2.47. The van der Waals surface area contributed by atoms with Crippen molar-refractivity contribution in [1.82, 2.24) is 41.5 Å². The van der Waals surface area contributed by atoms with Crippen LogP contribution in [0.2, 0.25) is 0 Å². The third kappa shape index (κ3) is 14.2. The highest BCUT2D eigenvalue weighted by atomic mass is 16.6. The second kappa shape index (κ2) is 25.9. The summed E-state index contributed by atoms with van der Waals surface area (Å²) in [5.74, 6) is -11.8. The van der Waals surface area contributed by atoms with Crippen molar-refractivity contribution in [1.29, 1.82) is 0 Å². The first-order valence-corrected chi connectivity index (χ1v) is 25.0. The predicted molar refractivity (Wildman–Crippen MR) is 260 cm³/mol. The van der Waals surface area contributed by atoms with Gasteiger partial charge in [-0.1, -0.05) is 53.7 Å². The van der Waals surface area contributed by atoms with Gasteiger partial charge in [-0.3, -0.25) is 48.8 Å². The summed E-state index contributed by atoms with van der Waals surface area (Å²) in [6, 6.07) is -9.22. The summed E-state index contributed by atoms with van der Waals surface area (Å²) in [5.41, 5.74) is 4.07. The van der Waals surface area contributed by atoms with Gasteiger partial charge in [0.2, 0.25) is 17.6 Å². The highest BCUT2D eigenvalue weighted by Gasteiger charge is 2.57. The molecule has 23 nitrogen and oxygen atoms in total. The highest BCUT2D eigenvalue weighted by Crippen LogP contribution is 2.41. The van der Waals surface area contributed by atoms with E-state index in [1.165, 1.54) is 20.9 Å². The van der Waals surface area contributed by atoms with Crippen LogP contribution in [0.3, 0.4) is 0 Å². The zero-order chi connectivity index (χ0) is 54.9. The van der Waals surface area contributed by atoms with E-state index in [1.807, 2.05) is 6.92 Å². The van der Waals surface area contributed by atoms with Gasteiger partial charge in [0, 0.05) is 32.5 Å². The van der Waals surface area contributed by atoms with Gasteiger partial charge in [0.1, 0.15) is 30.2 Å². The highest BCUT2D eigenvalue weighted by molar-refractivity contribution is 5.98. The first-order valence-electron chi connectivity index (χ1n) is 25.0. The molecular weight excluding hydrogens is 941 g/mol. The normalized spacial score (nSPS) is 26.0. The summed E-state index contributed by atoms with van der Waals surface area (Å²) in [5, 5.41) is 72.9. The number of allylic oxidation sites excluding steroid dienone is 3. The predicted octanol–water partition coefficient (Wildman–Crippen LogP) is 0.281. The molecule has 13 unspecified atom stereocenters. The van der Waals surface area contributed by atoms with Crippen LogP contribution in [-0.4, -0.2) is 184 Å². The zero-order valence-electron chi connectivity index (χ0n) is 44.2. The summed E-state index contributed by atoms with van der Waals surface area (Å²) >= 11 is 0. The van der Waals surface area contributed by atoms with Gasteiger partial charge in [0.15, 0.2) is 17.4 Å². The van der Waals surface area contributed by atoms with Crippen molar-refractivity contribution in [3.05, 3.63) is 23.3 Å². The van der Waals surface area contributed by atoms with Gasteiger partial charge in [-0.2, -0.15) is 0 Å². The van der Waals surface area contributed by atoms with E-state index < -0.39 is 119 Å². The van der Waals surface area contributed by atoms with Crippen LogP contribution in [0, 0.1) is 23.7 Å². The number of carboxylic acid groups (broad SMARTS) is 1. The Morgan fingerprint density at radius 2 is 1.43 bits per heavy atom. The number of nitrogens with zero attached hydrogens (tertiary/aromatic N) is 4. The summed E-state index contributed by atoms with van der Waals surface area (Å²) in [4.78, 5) is 111. The maximum atomic E-state index is 14.6. The number of carbonyl (C=O) groups excluding carboxylic acids is 7. The number of aliphatic hydroxyl groups is 4. The number of amides is 6. The Hall–Kier alpha value is -4.88. The largest absolute Gasteiger partial charge is 0.480 e. The van der Waals surface area contributed by atoms with Crippen molar-refractivity contribution >= 4 is 47.2 Å². The van der Waals surface area contributed by atoms with Gasteiger partial charge in [-0.25, -0.2) is 20.7 Å². The topological polar surface area (TPSA) is 328 Å². The second-order valence-corrected chi connectivity index (χ2v) is 20.7. The SMILES string of the molecule is CC=C(C)C(=O)C(C)C=C(C)C1OC(O)(C(C)(O)C(=O)NC(C(=O)N2NCCCC2C(=O)N(O)C(C)C(=O)N(C)C(CC(C)C)C(=O)N2NCCCC2C(=O)NC(C(=O)O)C(C)O)C(O)C(C)C)CCC1C. The Labute approximate surface area is 422 Å². The number of Topliss-reactive ketones (excluding diaryl/α,β-unsaturated/α-hetero) is 1. The molecule has 3 aliphatic heterocycles. The van der Waals surface area contributed by atoms with Gasteiger partial charge in [0.05, 0.1) is 18.3 Å². The van der Waals surface area contributed by atoms with Gasteiger partial charge in [-0.15, -0.1) is 0 Å². The monoisotopic (exact) mass is 1020 g/mol. The molecule has 23 heteroatoms. The standard InChI is InChI=1S/C49H82N8O15/c1-14-27(6)39(60)29(8)24-30(9)40-28(7)19-20-49(70,72-40)48(12,69)47(68)53-37(38(59)26(4)5)45(65)56-34(18-16-22-51-56)44(64)57(71)31(10)42(62)54(13)35(23-25(2)3)43(63)55-33(17-15-21-50-55)41(61)52-36(32(11)58)46(66)67/h14,24-26,28-29,31-38,40,50-51,58-59,69-71H,15-23H2,1-13H3,(H,52,61)(H,53,68)(H,66,67). The van der Waals surface area contributed by atoms with E-state index in [-0.39, 0.29) is 67.9 Å². The van der Waals surface area contributed by atoms with Crippen molar-refractivity contribution in [2.24, 2.45) is 23.7 Å². The van der Waals surface area contributed by atoms with Crippen molar-refractivity contribution in [3.63, 3.8) is 0 Å². The third-order valence-corrected chi connectivity index (χ3v) is 14.1. The molecule has 3 heterocycles. The van der Waals surface area contributed by atoms with E-state index in [1.54, 1.807) is 67.5 Å². The lowest BCUT2D eigenvalue weighted by atomic mass is 9.80. The number of ketones is 1. The fourth-order valence-corrected chi connectivity index (χ4v) is 9.19. The van der Waals surface area contributed by atoms with Crippen LogP contribution < -0.4 is 21.5 Å². The van der Waals surface area contributed by atoms with Crippen LogP contribution in [0.5, 0.6) is 0 Å². The van der Waals surface area contributed by atoms with Gasteiger partial charge < -0.3 is 45.8 Å². The van der Waals surface area contributed by atoms with E-state index in [9.17, 15) is 69.1 Å². The lowest BCUT2D eigenvalue weighted by molar-refractivity contribution is -0.321. The minimum Gasteiger partial charge on any atom is -0.480 e. The maximum Gasteiger partial charge on any atom is 0.328 e. The van der Waals surface area contributed by atoms with E-state index in [0.29, 0.717) is 24.0 Å². The number of rotatable bonds is 21. The number of hydrazine groups is 2. The number of carboxylic acids is 1. The number of carbonyl (C=O) groups is 8. The first kappa shape index (κ1) is 61.4. The Morgan fingerprint density at radius 3 is 1.94 bits per heavy atom. The number of nitrogens with one attached hydrogen (secondary N) is 4. The molecule has 0 saturated carbocycles. The molecule has 72 heavy (non-hydrogen) atoms. The van der Waals surface area contributed by atoms with Crippen LogP contribution >= 0.6 is 0 Å². The minimum absolute atomic E-state index is 0.0519. The molecule has 0 aliphatic carbocycles. The van der Waals surface area contributed by atoms with Crippen LogP contribution in [0.25, 0.3) is 0 Å². The summed E-state index contributed by atoms with van der Waals surface area (Å²) in [6.45, 7) is 19.2. The number of aliphatic hydroxyl groups excluding tert-OH is 2. The Bertz CT molecular complexity index is 2050. The molecule has 0 aromatic rings. The Morgan fingerprint density at radius 1 is 0.875 bits per heavy atom. The Balaban J connectivity index is 1.88. The van der Waals surface area contributed by atoms with E-state index in [4.69, 9.17) is 4.74 Å². The van der Waals surface area contributed by atoms with Crippen molar-refractivity contribution in [2.75, 3.05) is 20.1 Å². The molecule has 0 aromatic carbocycles. The van der Waals surface area contributed by atoms with E-state index in [0.717, 1.165) is 21.8 Å². The van der Waals surface area contributed by atoms with Gasteiger partial charge >= 0.3 is 5.97 Å². The van der Waals surface area contributed by atoms with Crippen LogP contribution in [0.15, 0.2) is 23.3 Å². The fraction of sp³-hybridized carbons (Fsp3) is 0.755. The fourth-order valence-electron chi connectivity index (χ4n) is 9.19. The van der Waals surface area contributed by atoms with Crippen molar-refractivity contribution in [2.45, 2.75) is 194 Å². The minimum atomic E-state index is -2.74. The number of aliphatic carboxylic acids is 1. The van der Waals surface area contributed by atoms with E-state index >= 15 is 0 Å². The summed E-state index contributed by atoms with van der Waals surface area (Å²) in [7, 11) is 1.28. The van der Waals surface area contributed by atoms with E-state index in [2.05, 4.69) is 21.5 Å². The molecule has 3 saturated heterocycles. The molecule has 10 N–H and O–H groups in total. The maximum absolute atomic E-state index is 14.6. The molecule has 408 valence electrons. The Kier molecular flexibility index (Phi) is 22.1. The number of hydrogen-bond acceptors (Lipinski definition) is 16. The molecule has 3 aliphatic rings. The molecular formula is C49H82N8O15. The van der Waals surface area contributed by atoms with Crippen molar-refractivity contribution < 1.29 is 73.8 Å². The average Bonchev–Trinajstić information content (AvgIpc) is 3.34. The summed E-state index contributed by atoms with van der Waals surface area (Å²) < 4.78 is 6.12. The van der Waals surface area contributed by atoms with Crippen LogP contribution in [0.1, 0.15) is 128 Å². The second-order valence-electron chi connectivity index (χ2n) is 20.7. The number of ether oxygens (including phenoxy) is 1. The van der Waals surface area contributed by atoms with Crippen LogP contribution in [-0.2, 0) is 43.1 Å². The quantitative estimate of drug-likeness (QED) is 0.0320. The number of hydroxylamine groups is 2. The zero-order valence-corrected chi connectivity index (χ0v) is 44.2. The summed E-state index contributed by atoms with van der Waals surface area (Å²) in [6.07, 6.45) is 0.379. The molecule has 0 radical (unpaired) electrons. The molecule has 0 spiro atoms. The molecule has 0 aromatic heterocycles. The van der Waals surface area contributed by atoms with Gasteiger partial charge in [-0.05, 0) is 109 Å². The molecule has 3 fully saturated rings. The molecule has 0 bridgehead atoms. The molecule has 6 amide bonds. The third-order valence-electron chi connectivity index (χ3n) is 14.1. The average molecular weight is 1020 g/mol. The number of hydrogen-bond donors (Lipinski definition) is 10.